The van der Waals surface area contributed by atoms with Crippen molar-refractivity contribution in [3.8, 4) is 0 Å². The Morgan fingerprint density at radius 1 is 1.62 bits per heavy atom. The van der Waals surface area contributed by atoms with E-state index in [0.717, 1.165) is 17.5 Å². The summed E-state index contributed by atoms with van der Waals surface area (Å²) < 4.78 is 0. The summed E-state index contributed by atoms with van der Waals surface area (Å²) in [4.78, 5) is 4.03. The first-order valence-corrected chi connectivity index (χ1v) is 4.44. The van der Waals surface area contributed by atoms with Crippen LogP contribution in [-0.2, 0) is 0 Å². The van der Waals surface area contributed by atoms with Crippen LogP contribution in [0.3, 0.4) is 0 Å². The highest BCUT2D eigenvalue weighted by molar-refractivity contribution is 5.18. The number of pyridine rings is 1. The van der Waals surface area contributed by atoms with Crippen LogP contribution >= 0.6 is 0 Å². The predicted octanol–water partition coefficient (Wildman–Crippen LogP) is 2.39. The molecule has 1 atom stereocenters. The Kier molecular flexibility index (Phi) is 3.65. The minimum Gasteiger partial charge on any atom is -0.388 e. The summed E-state index contributed by atoms with van der Waals surface area (Å²) in [6.07, 6.45) is 6.44. The van der Waals surface area contributed by atoms with E-state index >= 15 is 0 Å². The van der Waals surface area contributed by atoms with Crippen molar-refractivity contribution in [2.75, 3.05) is 0 Å². The fourth-order valence-corrected chi connectivity index (χ4v) is 1.20. The van der Waals surface area contributed by atoms with Crippen molar-refractivity contribution >= 4 is 0 Å². The second kappa shape index (κ2) is 4.77. The molecule has 1 aromatic heterocycles. The van der Waals surface area contributed by atoms with E-state index in [4.69, 9.17) is 0 Å². The molecule has 2 nitrogen and oxygen atoms in total. The van der Waals surface area contributed by atoms with Gasteiger partial charge in [0.1, 0.15) is 0 Å². The van der Waals surface area contributed by atoms with Crippen molar-refractivity contribution in [1.82, 2.24) is 4.98 Å². The molecule has 1 aromatic rings. The van der Waals surface area contributed by atoms with E-state index in [2.05, 4.69) is 11.6 Å². The Morgan fingerprint density at radius 3 is 3.00 bits per heavy atom. The number of hydrogen-bond acceptors (Lipinski definition) is 2. The minimum atomic E-state index is -0.412. The maximum atomic E-state index is 9.69. The van der Waals surface area contributed by atoms with Crippen LogP contribution in [-0.4, -0.2) is 10.1 Å². The first kappa shape index (κ1) is 9.93. The molecule has 0 aliphatic heterocycles. The first-order chi connectivity index (χ1) is 6.24. The molecule has 0 radical (unpaired) electrons. The lowest BCUT2D eigenvalue weighted by Gasteiger charge is -2.09. The largest absolute Gasteiger partial charge is 0.388 e. The summed E-state index contributed by atoms with van der Waals surface area (Å²) in [5.74, 6) is 0. The van der Waals surface area contributed by atoms with E-state index in [9.17, 15) is 5.11 Å². The van der Waals surface area contributed by atoms with Gasteiger partial charge < -0.3 is 5.11 Å². The third kappa shape index (κ3) is 2.99. The van der Waals surface area contributed by atoms with E-state index < -0.39 is 6.10 Å². The number of aliphatic hydroxyl groups is 1. The second-order valence-corrected chi connectivity index (χ2v) is 3.18. The highest BCUT2D eigenvalue weighted by Crippen LogP contribution is 2.17. The Labute approximate surface area is 78.9 Å². The van der Waals surface area contributed by atoms with Crippen molar-refractivity contribution in [2.24, 2.45) is 0 Å². The number of aryl methyl sites for hydroxylation is 1. The summed E-state index contributed by atoms with van der Waals surface area (Å²) in [6, 6.07) is 1.96. The summed E-state index contributed by atoms with van der Waals surface area (Å²) in [5, 5.41) is 9.69. The Morgan fingerprint density at radius 2 is 2.38 bits per heavy atom. The Balaban J connectivity index is 2.65. The summed E-state index contributed by atoms with van der Waals surface area (Å²) in [7, 11) is 0. The molecular weight excluding hydrogens is 162 g/mol. The average Bonchev–Trinajstić information content (AvgIpc) is 2.14. The van der Waals surface area contributed by atoms with Gasteiger partial charge in [-0.05, 0) is 30.9 Å². The lowest BCUT2D eigenvalue weighted by atomic mass is 10.1. The van der Waals surface area contributed by atoms with Gasteiger partial charge in [0.15, 0.2) is 0 Å². The van der Waals surface area contributed by atoms with Crippen LogP contribution < -0.4 is 0 Å². The van der Waals surface area contributed by atoms with Gasteiger partial charge >= 0.3 is 0 Å². The van der Waals surface area contributed by atoms with Crippen LogP contribution in [0, 0.1) is 6.92 Å². The topological polar surface area (TPSA) is 33.1 Å². The van der Waals surface area contributed by atoms with E-state index in [1.54, 1.807) is 12.4 Å². The fourth-order valence-electron chi connectivity index (χ4n) is 1.20. The maximum Gasteiger partial charge on any atom is 0.0808 e. The van der Waals surface area contributed by atoms with Crippen molar-refractivity contribution < 1.29 is 5.11 Å². The van der Waals surface area contributed by atoms with Gasteiger partial charge in [-0.2, -0.15) is 0 Å². The molecule has 0 aromatic carbocycles. The van der Waals surface area contributed by atoms with Gasteiger partial charge in [0.25, 0.3) is 0 Å². The molecule has 1 N–H and O–H groups in total. The quantitative estimate of drug-likeness (QED) is 0.716. The fraction of sp³-hybridized carbons (Fsp3) is 0.364. The molecule has 1 unspecified atom stereocenters. The lowest BCUT2D eigenvalue weighted by molar-refractivity contribution is 0.168. The van der Waals surface area contributed by atoms with Gasteiger partial charge in [-0.1, -0.05) is 12.1 Å². The van der Waals surface area contributed by atoms with Gasteiger partial charge in [-0.25, -0.2) is 0 Å². The van der Waals surface area contributed by atoms with Gasteiger partial charge in [0.2, 0.25) is 0 Å². The molecule has 1 rings (SSSR count). The standard InChI is InChI=1S/C11H15NO/c1-3-4-5-11(13)10-6-9(2)7-12-8-10/h3,6-8,11,13H,1,4-5H2,2H3. The van der Waals surface area contributed by atoms with Gasteiger partial charge in [-0.3, -0.25) is 4.98 Å². The zero-order chi connectivity index (χ0) is 9.68. The van der Waals surface area contributed by atoms with Crippen LogP contribution in [0.15, 0.2) is 31.1 Å². The molecule has 2 heteroatoms. The molecule has 13 heavy (non-hydrogen) atoms. The predicted molar refractivity (Wildman–Crippen MR) is 53.4 cm³/mol. The Hall–Kier alpha value is -1.15. The zero-order valence-corrected chi connectivity index (χ0v) is 7.90. The highest BCUT2D eigenvalue weighted by Gasteiger charge is 2.05. The molecule has 1 heterocycles. The van der Waals surface area contributed by atoms with E-state index in [1.807, 2.05) is 19.1 Å². The summed E-state index contributed by atoms with van der Waals surface area (Å²) in [5.41, 5.74) is 1.97. The lowest BCUT2D eigenvalue weighted by Crippen LogP contribution is -1.97. The molecular formula is C11H15NO. The van der Waals surface area contributed by atoms with Crippen LogP contribution in [0.4, 0.5) is 0 Å². The molecule has 0 amide bonds. The number of aromatic nitrogens is 1. The third-order valence-corrected chi connectivity index (χ3v) is 1.93. The highest BCUT2D eigenvalue weighted by atomic mass is 16.3. The number of nitrogens with zero attached hydrogens (tertiary/aromatic N) is 1. The van der Waals surface area contributed by atoms with Crippen LogP contribution in [0.5, 0.6) is 0 Å². The molecule has 0 aliphatic carbocycles. The minimum absolute atomic E-state index is 0.412. The van der Waals surface area contributed by atoms with E-state index in [0.29, 0.717) is 6.42 Å². The summed E-state index contributed by atoms with van der Waals surface area (Å²) in [6.45, 7) is 5.59. The smallest absolute Gasteiger partial charge is 0.0808 e. The van der Waals surface area contributed by atoms with Gasteiger partial charge in [-0.15, -0.1) is 6.58 Å². The molecule has 0 saturated heterocycles. The van der Waals surface area contributed by atoms with Gasteiger partial charge in [0, 0.05) is 12.4 Å². The second-order valence-electron chi connectivity index (χ2n) is 3.18. The SMILES string of the molecule is C=CCCC(O)c1cncc(C)c1. The van der Waals surface area contributed by atoms with E-state index in [1.165, 1.54) is 0 Å². The molecule has 0 saturated carbocycles. The first-order valence-electron chi connectivity index (χ1n) is 4.44. The van der Waals surface area contributed by atoms with Crippen LogP contribution in [0.25, 0.3) is 0 Å². The number of aliphatic hydroxyl groups excluding tert-OH is 1. The van der Waals surface area contributed by atoms with E-state index in [-0.39, 0.29) is 0 Å². The molecule has 0 fully saturated rings. The monoisotopic (exact) mass is 177 g/mol. The molecule has 70 valence electrons. The van der Waals surface area contributed by atoms with Crippen molar-refractivity contribution in [3.05, 3.63) is 42.2 Å². The van der Waals surface area contributed by atoms with Crippen LogP contribution in [0.1, 0.15) is 30.1 Å². The number of rotatable bonds is 4. The molecule has 0 spiro atoms. The zero-order valence-electron chi connectivity index (χ0n) is 7.90. The van der Waals surface area contributed by atoms with Crippen molar-refractivity contribution in [2.45, 2.75) is 25.9 Å². The average molecular weight is 177 g/mol. The molecule has 0 bridgehead atoms. The third-order valence-electron chi connectivity index (χ3n) is 1.93. The van der Waals surface area contributed by atoms with Crippen LogP contribution in [0.2, 0.25) is 0 Å². The maximum absolute atomic E-state index is 9.69. The number of allylic oxidation sites excluding steroid dienone is 1. The Bertz CT molecular complexity index is 283. The molecule has 0 aliphatic rings. The normalized spacial score (nSPS) is 12.5. The van der Waals surface area contributed by atoms with Gasteiger partial charge in [0.05, 0.1) is 6.10 Å². The summed E-state index contributed by atoms with van der Waals surface area (Å²) >= 11 is 0. The number of hydrogen-bond donors (Lipinski definition) is 1. The van der Waals surface area contributed by atoms with Crippen molar-refractivity contribution in [3.63, 3.8) is 0 Å². The van der Waals surface area contributed by atoms with Crippen molar-refractivity contribution in [1.29, 1.82) is 0 Å².